The summed E-state index contributed by atoms with van der Waals surface area (Å²) < 4.78 is 10.4. The molecule has 1 aromatic rings. The first kappa shape index (κ1) is 14.0. The van der Waals surface area contributed by atoms with Crippen molar-refractivity contribution in [2.75, 3.05) is 7.11 Å². The summed E-state index contributed by atoms with van der Waals surface area (Å²) in [7, 11) is 1.48. The lowest BCUT2D eigenvalue weighted by molar-refractivity contribution is -0.137. The van der Waals surface area contributed by atoms with E-state index in [1.807, 2.05) is 0 Å². The van der Waals surface area contributed by atoms with Gasteiger partial charge in [-0.25, -0.2) is 9.59 Å². The van der Waals surface area contributed by atoms with Gasteiger partial charge in [0.25, 0.3) is 0 Å². The van der Waals surface area contributed by atoms with Crippen LogP contribution in [0, 0.1) is 0 Å². The first-order chi connectivity index (χ1) is 8.43. The largest absolute Gasteiger partial charge is 0.497 e. The third kappa shape index (κ3) is 3.77. The molecular formula is C11H9BrO6. The average molecular weight is 317 g/mol. The molecule has 0 bridgehead atoms. The molecule has 0 aliphatic carbocycles. The second-order valence-corrected chi connectivity index (χ2v) is 3.90. The van der Waals surface area contributed by atoms with Gasteiger partial charge in [0, 0.05) is 0 Å². The minimum Gasteiger partial charge on any atom is -0.497 e. The van der Waals surface area contributed by atoms with Crippen LogP contribution in [-0.4, -0.2) is 29.3 Å². The van der Waals surface area contributed by atoms with Crippen LogP contribution >= 0.6 is 15.9 Å². The number of aliphatic carboxylic acids is 2. The van der Waals surface area contributed by atoms with Crippen LogP contribution in [0.15, 0.2) is 34.5 Å². The Morgan fingerprint density at radius 2 is 2.00 bits per heavy atom. The molecule has 0 spiro atoms. The Labute approximate surface area is 111 Å². The Hall–Kier alpha value is -2.02. The van der Waals surface area contributed by atoms with Crippen LogP contribution in [0.25, 0.3) is 0 Å². The maximum Gasteiger partial charge on any atom is 0.372 e. The fourth-order valence-corrected chi connectivity index (χ4v) is 1.50. The fraction of sp³-hybridized carbons (Fsp3) is 0.0909. The zero-order valence-electron chi connectivity index (χ0n) is 9.21. The molecule has 0 heterocycles. The molecule has 1 rings (SSSR count). The number of halogens is 1. The van der Waals surface area contributed by atoms with E-state index in [0.717, 1.165) is 0 Å². The van der Waals surface area contributed by atoms with Crippen molar-refractivity contribution in [1.29, 1.82) is 0 Å². The third-order valence-corrected chi connectivity index (χ3v) is 2.44. The number of methoxy groups -OCH3 is 1. The predicted molar refractivity (Wildman–Crippen MR) is 64.7 cm³/mol. The lowest BCUT2D eigenvalue weighted by Crippen LogP contribution is -2.10. The summed E-state index contributed by atoms with van der Waals surface area (Å²) in [6, 6.07) is 4.58. The Balaban J connectivity index is 3.02. The van der Waals surface area contributed by atoms with Gasteiger partial charge in [0.05, 0.1) is 17.7 Å². The maximum absolute atomic E-state index is 10.8. The number of hydrogen-bond donors (Lipinski definition) is 2. The minimum absolute atomic E-state index is 0.172. The highest BCUT2D eigenvalue weighted by molar-refractivity contribution is 9.10. The normalized spacial score (nSPS) is 10.9. The van der Waals surface area contributed by atoms with Gasteiger partial charge in [-0.05, 0) is 34.1 Å². The summed E-state index contributed by atoms with van der Waals surface area (Å²) >= 11 is 3.16. The molecule has 0 aromatic heterocycles. The highest BCUT2D eigenvalue weighted by atomic mass is 79.9. The van der Waals surface area contributed by atoms with Crippen LogP contribution in [0.5, 0.6) is 11.5 Å². The third-order valence-electron chi connectivity index (χ3n) is 1.82. The molecule has 0 unspecified atom stereocenters. The van der Waals surface area contributed by atoms with Gasteiger partial charge >= 0.3 is 11.9 Å². The van der Waals surface area contributed by atoms with E-state index < -0.39 is 17.7 Å². The monoisotopic (exact) mass is 316 g/mol. The second kappa shape index (κ2) is 6.06. The van der Waals surface area contributed by atoms with Gasteiger partial charge in [0.2, 0.25) is 5.76 Å². The summed E-state index contributed by atoms with van der Waals surface area (Å²) in [5.41, 5.74) is 0. The van der Waals surface area contributed by atoms with Crippen LogP contribution in [0.4, 0.5) is 0 Å². The summed E-state index contributed by atoms with van der Waals surface area (Å²) in [6.45, 7) is 0. The topological polar surface area (TPSA) is 93.1 Å². The molecule has 0 aliphatic rings. The van der Waals surface area contributed by atoms with Crippen LogP contribution in [0.2, 0.25) is 0 Å². The molecule has 96 valence electrons. The summed E-state index contributed by atoms with van der Waals surface area (Å²) in [4.78, 5) is 21.2. The highest BCUT2D eigenvalue weighted by Gasteiger charge is 2.14. The van der Waals surface area contributed by atoms with Crippen LogP contribution < -0.4 is 9.47 Å². The summed E-state index contributed by atoms with van der Waals surface area (Å²) in [5.74, 6) is -2.84. The fourth-order valence-electron chi connectivity index (χ4n) is 1.06. The van der Waals surface area contributed by atoms with Gasteiger partial charge in [0.15, 0.2) is 0 Å². The van der Waals surface area contributed by atoms with E-state index >= 15 is 0 Å². The number of carboxylic acids is 2. The average Bonchev–Trinajstić information content (AvgIpc) is 2.29. The van der Waals surface area contributed by atoms with E-state index in [1.54, 1.807) is 12.1 Å². The molecule has 0 atom stereocenters. The van der Waals surface area contributed by atoms with Crippen molar-refractivity contribution in [1.82, 2.24) is 0 Å². The smallest absolute Gasteiger partial charge is 0.372 e. The zero-order chi connectivity index (χ0) is 13.7. The van der Waals surface area contributed by atoms with Gasteiger partial charge in [-0.3, -0.25) is 0 Å². The maximum atomic E-state index is 10.8. The molecule has 1 aromatic carbocycles. The lowest BCUT2D eigenvalue weighted by Gasteiger charge is -2.08. The van der Waals surface area contributed by atoms with Gasteiger partial charge in [-0.15, -0.1) is 0 Å². The van der Waals surface area contributed by atoms with E-state index in [-0.39, 0.29) is 5.75 Å². The standard InChI is InChI=1S/C11H9BrO6/c1-17-6-2-3-8(7(12)4-6)18-9(11(15)16)5-10(13)14/h2-5H,1H3,(H,13,14)(H,15,16)/b9-5-. The minimum atomic E-state index is -1.47. The lowest BCUT2D eigenvalue weighted by atomic mass is 10.3. The number of ether oxygens (including phenoxy) is 2. The molecule has 6 nitrogen and oxygen atoms in total. The number of carbonyl (C=O) groups is 2. The van der Waals surface area contributed by atoms with Crippen molar-refractivity contribution < 1.29 is 29.3 Å². The first-order valence-electron chi connectivity index (χ1n) is 4.63. The molecule has 18 heavy (non-hydrogen) atoms. The molecule has 0 saturated heterocycles. The van der Waals surface area contributed by atoms with Crippen molar-refractivity contribution in [3.63, 3.8) is 0 Å². The van der Waals surface area contributed by atoms with Crippen molar-refractivity contribution >= 4 is 27.9 Å². The molecule has 0 radical (unpaired) electrons. The molecule has 0 aliphatic heterocycles. The van der Waals surface area contributed by atoms with Crippen molar-refractivity contribution in [2.24, 2.45) is 0 Å². The SMILES string of the molecule is COc1ccc(O/C(=C\C(=O)O)C(=O)O)c(Br)c1. The van der Waals surface area contributed by atoms with E-state index in [1.165, 1.54) is 13.2 Å². The summed E-state index contributed by atoms with van der Waals surface area (Å²) in [6.07, 6.45) is 0.471. The van der Waals surface area contributed by atoms with Crippen molar-refractivity contribution in [3.05, 3.63) is 34.5 Å². The number of benzene rings is 1. The molecular weight excluding hydrogens is 308 g/mol. The van der Waals surface area contributed by atoms with E-state index in [4.69, 9.17) is 19.7 Å². The Morgan fingerprint density at radius 3 is 2.44 bits per heavy atom. The number of rotatable bonds is 5. The molecule has 2 N–H and O–H groups in total. The van der Waals surface area contributed by atoms with E-state index in [2.05, 4.69) is 15.9 Å². The number of hydrogen-bond acceptors (Lipinski definition) is 4. The van der Waals surface area contributed by atoms with Gasteiger partial charge in [-0.1, -0.05) is 0 Å². The van der Waals surface area contributed by atoms with Crippen molar-refractivity contribution in [2.45, 2.75) is 0 Å². The van der Waals surface area contributed by atoms with E-state index in [9.17, 15) is 9.59 Å². The predicted octanol–water partition coefficient (Wildman–Crippen LogP) is 1.89. The molecule has 0 saturated carbocycles. The first-order valence-corrected chi connectivity index (χ1v) is 5.42. The number of carboxylic acid groups (broad SMARTS) is 2. The molecule has 0 fully saturated rings. The van der Waals surface area contributed by atoms with Crippen LogP contribution in [0.3, 0.4) is 0 Å². The van der Waals surface area contributed by atoms with Crippen molar-refractivity contribution in [3.8, 4) is 11.5 Å². The highest BCUT2D eigenvalue weighted by Crippen LogP contribution is 2.30. The Bertz CT molecular complexity index is 508. The van der Waals surface area contributed by atoms with Crippen LogP contribution in [0.1, 0.15) is 0 Å². The van der Waals surface area contributed by atoms with Gasteiger partial charge < -0.3 is 19.7 Å². The van der Waals surface area contributed by atoms with Crippen LogP contribution in [-0.2, 0) is 9.59 Å². The Morgan fingerprint density at radius 1 is 1.33 bits per heavy atom. The molecule has 7 heteroatoms. The van der Waals surface area contributed by atoms with E-state index in [0.29, 0.717) is 16.3 Å². The zero-order valence-corrected chi connectivity index (χ0v) is 10.8. The van der Waals surface area contributed by atoms with Gasteiger partial charge in [0.1, 0.15) is 11.5 Å². The second-order valence-electron chi connectivity index (χ2n) is 3.05. The van der Waals surface area contributed by atoms with Gasteiger partial charge in [-0.2, -0.15) is 0 Å². The quantitative estimate of drug-likeness (QED) is 0.636. The molecule has 0 amide bonds. The summed E-state index contributed by atoms with van der Waals surface area (Å²) in [5, 5.41) is 17.3. The Kier molecular flexibility index (Phi) is 4.73.